The lowest BCUT2D eigenvalue weighted by atomic mass is 10.1. The van der Waals surface area contributed by atoms with Crippen LogP contribution in [0.2, 0.25) is 0 Å². The van der Waals surface area contributed by atoms with E-state index >= 15 is 0 Å². The minimum atomic E-state index is -0.376. The maximum atomic E-state index is 12.4. The summed E-state index contributed by atoms with van der Waals surface area (Å²) in [7, 11) is 0. The van der Waals surface area contributed by atoms with E-state index in [9.17, 15) is 4.79 Å². The Kier molecular flexibility index (Phi) is 4.72. The second-order valence-corrected chi connectivity index (χ2v) is 6.31. The van der Waals surface area contributed by atoms with E-state index in [1.54, 1.807) is 0 Å². The largest absolute Gasteiger partial charge is 0.451 e. The Balaban J connectivity index is 1.66. The summed E-state index contributed by atoms with van der Waals surface area (Å²) in [6.07, 6.45) is 0. The van der Waals surface area contributed by atoms with Crippen LogP contribution in [-0.4, -0.2) is 11.0 Å². The Morgan fingerprint density at radius 2 is 1.80 bits per heavy atom. The third-order valence-electron chi connectivity index (χ3n) is 3.98. The van der Waals surface area contributed by atoms with Gasteiger partial charge in [0.1, 0.15) is 5.58 Å². The molecule has 3 N–H and O–H groups in total. The summed E-state index contributed by atoms with van der Waals surface area (Å²) in [6, 6.07) is 13.6. The van der Waals surface area contributed by atoms with Crippen molar-refractivity contribution in [3.05, 3.63) is 64.9 Å². The number of carbonyl (C=O) groups is 1. The molecular weight excluding hydrogens is 334 g/mol. The molecule has 5 nitrogen and oxygen atoms in total. The molecule has 1 aromatic heterocycles. The minimum Gasteiger partial charge on any atom is -0.451 e. The van der Waals surface area contributed by atoms with Gasteiger partial charge in [-0.15, -0.1) is 0 Å². The quantitative estimate of drug-likeness (QED) is 0.480. The number of nitrogens with one attached hydrogen (secondary N) is 3. The van der Waals surface area contributed by atoms with Crippen LogP contribution in [0.15, 0.2) is 46.9 Å². The number of amides is 1. The topological polar surface area (TPSA) is 66.3 Å². The zero-order chi connectivity index (χ0) is 18.0. The predicted molar refractivity (Wildman–Crippen MR) is 104 cm³/mol. The van der Waals surface area contributed by atoms with E-state index in [-0.39, 0.29) is 11.7 Å². The zero-order valence-electron chi connectivity index (χ0n) is 14.3. The molecule has 0 unspecified atom stereocenters. The van der Waals surface area contributed by atoms with Crippen LogP contribution in [0.5, 0.6) is 0 Å². The van der Waals surface area contributed by atoms with Crippen LogP contribution in [-0.2, 0) is 0 Å². The van der Waals surface area contributed by atoms with Crippen LogP contribution in [0.1, 0.15) is 27.2 Å². The van der Waals surface area contributed by atoms with Crippen molar-refractivity contribution < 1.29 is 9.21 Å². The number of hydrogen-bond donors (Lipinski definition) is 3. The highest BCUT2D eigenvalue weighted by Crippen LogP contribution is 2.24. The van der Waals surface area contributed by atoms with E-state index in [0.29, 0.717) is 10.7 Å². The summed E-state index contributed by atoms with van der Waals surface area (Å²) in [6.45, 7) is 5.85. The number of carbonyl (C=O) groups excluding carboxylic acids is 1. The number of furan rings is 1. The molecule has 1 heterocycles. The summed E-state index contributed by atoms with van der Waals surface area (Å²) in [5.74, 6) is -0.109. The molecule has 6 heteroatoms. The molecule has 1 amide bonds. The van der Waals surface area contributed by atoms with E-state index in [1.165, 1.54) is 0 Å². The van der Waals surface area contributed by atoms with Gasteiger partial charge in [0.05, 0.1) is 0 Å². The average Bonchev–Trinajstić information content (AvgIpc) is 2.93. The molecule has 0 aliphatic carbocycles. The maximum Gasteiger partial charge on any atom is 0.305 e. The SMILES string of the molecule is Cc1ccc(C)c(NC(=S)NNC(=O)c2oc3ccccc3c2C)c1. The summed E-state index contributed by atoms with van der Waals surface area (Å²) >= 11 is 5.24. The fraction of sp³-hybridized carbons (Fsp3) is 0.158. The van der Waals surface area contributed by atoms with Gasteiger partial charge in [-0.2, -0.15) is 0 Å². The van der Waals surface area contributed by atoms with Crippen molar-refractivity contribution >= 4 is 39.9 Å². The third-order valence-corrected chi connectivity index (χ3v) is 4.18. The summed E-state index contributed by atoms with van der Waals surface area (Å²) < 4.78 is 5.63. The molecule has 0 aliphatic heterocycles. The molecule has 0 radical (unpaired) electrons. The fourth-order valence-electron chi connectivity index (χ4n) is 2.59. The lowest BCUT2D eigenvalue weighted by Gasteiger charge is -2.13. The molecule has 0 spiro atoms. The summed E-state index contributed by atoms with van der Waals surface area (Å²) in [4.78, 5) is 12.4. The normalized spacial score (nSPS) is 10.5. The van der Waals surface area contributed by atoms with Gasteiger partial charge >= 0.3 is 5.91 Å². The predicted octanol–water partition coefficient (Wildman–Crippen LogP) is 3.99. The Bertz CT molecular complexity index is 962. The lowest BCUT2D eigenvalue weighted by molar-refractivity contribution is 0.0917. The van der Waals surface area contributed by atoms with Crippen molar-refractivity contribution in [2.75, 3.05) is 5.32 Å². The Morgan fingerprint density at radius 3 is 2.56 bits per heavy atom. The van der Waals surface area contributed by atoms with Gasteiger partial charge in [-0.3, -0.25) is 15.6 Å². The van der Waals surface area contributed by atoms with Gasteiger partial charge in [0.2, 0.25) is 0 Å². The van der Waals surface area contributed by atoms with Gasteiger partial charge in [-0.1, -0.05) is 30.3 Å². The van der Waals surface area contributed by atoms with Crippen LogP contribution in [0.25, 0.3) is 11.0 Å². The first-order chi connectivity index (χ1) is 12.0. The molecule has 0 bridgehead atoms. The lowest BCUT2D eigenvalue weighted by Crippen LogP contribution is -2.43. The van der Waals surface area contributed by atoms with E-state index in [1.807, 2.05) is 63.2 Å². The third kappa shape index (κ3) is 3.64. The highest BCUT2D eigenvalue weighted by atomic mass is 32.1. The van der Waals surface area contributed by atoms with Gasteiger partial charge < -0.3 is 9.73 Å². The van der Waals surface area contributed by atoms with E-state index in [4.69, 9.17) is 16.6 Å². The minimum absolute atomic E-state index is 0.267. The average molecular weight is 353 g/mol. The van der Waals surface area contributed by atoms with Gasteiger partial charge in [0, 0.05) is 16.6 Å². The first kappa shape index (κ1) is 17.0. The number of benzene rings is 2. The van der Waals surface area contributed by atoms with Crippen molar-refractivity contribution in [2.24, 2.45) is 0 Å². The van der Waals surface area contributed by atoms with Crippen LogP contribution in [0, 0.1) is 20.8 Å². The highest BCUT2D eigenvalue weighted by Gasteiger charge is 2.17. The van der Waals surface area contributed by atoms with Crippen molar-refractivity contribution in [2.45, 2.75) is 20.8 Å². The molecule has 3 rings (SSSR count). The molecule has 25 heavy (non-hydrogen) atoms. The molecule has 2 aromatic carbocycles. The highest BCUT2D eigenvalue weighted by molar-refractivity contribution is 7.80. The van der Waals surface area contributed by atoms with Gasteiger partial charge in [-0.05, 0) is 56.2 Å². The van der Waals surface area contributed by atoms with Crippen molar-refractivity contribution in [3.63, 3.8) is 0 Å². The zero-order valence-corrected chi connectivity index (χ0v) is 15.1. The Morgan fingerprint density at radius 1 is 1.04 bits per heavy atom. The number of fused-ring (bicyclic) bond motifs is 1. The number of aryl methyl sites for hydroxylation is 3. The van der Waals surface area contributed by atoms with Crippen molar-refractivity contribution in [3.8, 4) is 0 Å². The smallest absolute Gasteiger partial charge is 0.305 e. The monoisotopic (exact) mass is 353 g/mol. The second kappa shape index (κ2) is 6.94. The van der Waals surface area contributed by atoms with Gasteiger partial charge in [0.25, 0.3) is 0 Å². The Labute approximate surface area is 151 Å². The first-order valence-electron chi connectivity index (χ1n) is 7.88. The summed E-state index contributed by atoms with van der Waals surface area (Å²) in [5.41, 5.74) is 9.84. The molecule has 0 saturated carbocycles. The van der Waals surface area contributed by atoms with Crippen molar-refractivity contribution in [1.29, 1.82) is 0 Å². The number of hydrogen-bond acceptors (Lipinski definition) is 3. The maximum absolute atomic E-state index is 12.4. The number of hydrazine groups is 1. The second-order valence-electron chi connectivity index (χ2n) is 5.90. The summed E-state index contributed by atoms with van der Waals surface area (Å²) in [5, 5.41) is 4.30. The van der Waals surface area contributed by atoms with E-state index in [0.717, 1.165) is 27.8 Å². The molecule has 128 valence electrons. The number of para-hydroxylation sites is 1. The van der Waals surface area contributed by atoms with Crippen LogP contribution in [0.4, 0.5) is 5.69 Å². The van der Waals surface area contributed by atoms with Gasteiger partial charge in [0.15, 0.2) is 10.9 Å². The molecule has 3 aromatic rings. The van der Waals surface area contributed by atoms with Crippen LogP contribution in [0.3, 0.4) is 0 Å². The standard InChI is InChI=1S/C19H19N3O2S/c1-11-8-9-12(2)15(10-11)20-19(25)22-21-18(23)17-13(3)14-6-4-5-7-16(14)24-17/h4-10H,1-3H3,(H,21,23)(H2,20,22,25). The molecule has 0 aliphatic rings. The van der Waals surface area contributed by atoms with Crippen LogP contribution >= 0.6 is 12.2 Å². The van der Waals surface area contributed by atoms with E-state index in [2.05, 4.69) is 16.2 Å². The van der Waals surface area contributed by atoms with Crippen molar-refractivity contribution in [1.82, 2.24) is 10.9 Å². The Hall–Kier alpha value is -2.86. The molecule has 0 saturated heterocycles. The first-order valence-corrected chi connectivity index (χ1v) is 8.29. The molecule has 0 fully saturated rings. The number of rotatable bonds is 2. The number of anilines is 1. The number of thiocarbonyl (C=S) groups is 1. The molecular formula is C19H19N3O2S. The van der Waals surface area contributed by atoms with Gasteiger partial charge in [-0.25, -0.2) is 0 Å². The molecule has 0 atom stereocenters. The fourth-order valence-corrected chi connectivity index (χ4v) is 2.75. The van der Waals surface area contributed by atoms with E-state index < -0.39 is 0 Å². The van der Waals surface area contributed by atoms with Crippen LogP contribution < -0.4 is 16.2 Å².